The van der Waals surface area contributed by atoms with Crippen LogP contribution in [0.1, 0.15) is 35.9 Å². The van der Waals surface area contributed by atoms with Crippen molar-refractivity contribution in [2.45, 2.75) is 32.3 Å². The van der Waals surface area contributed by atoms with Gasteiger partial charge < -0.3 is 14.4 Å². The Bertz CT molecular complexity index is 395. The molecule has 2 heterocycles. The molecule has 0 spiro atoms. The number of carbonyl (C=O) groups excluding carboxylic acids is 1. The van der Waals surface area contributed by atoms with Gasteiger partial charge in [-0.15, -0.1) is 0 Å². The van der Waals surface area contributed by atoms with E-state index in [1.165, 1.54) is 6.26 Å². The van der Waals surface area contributed by atoms with Crippen LogP contribution in [0.5, 0.6) is 0 Å². The van der Waals surface area contributed by atoms with E-state index in [4.69, 9.17) is 4.42 Å². The summed E-state index contributed by atoms with van der Waals surface area (Å²) in [6, 6.07) is 1.68. The van der Waals surface area contributed by atoms with E-state index < -0.39 is 5.60 Å². The smallest absolute Gasteiger partial charge is 0.257 e. The van der Waals surface area contributed by atoms with Gasteiger partial charge >= 0.3 is 0 Å². The number of rotatable bonds is 1. The van der Waals surface area contributed by atoms with Crippen molar-refractivity contribution in [1.29, 1.82) is 0 Å². The molecule has 88 valence electrons. The van der Waals surface area contributed by atoms with E-state index in [1.54, 1.807) is 24.8 Å². The minimum Gasteiger partial charge on any atom is -0.469 e. The average Bonchev–Trinajstić information content (AvgIpc) is 2.62. The second-order valence-corrected chi connectivity index (χ2v) is 4.72. The van der Waals surface area contributed by atoms with Crippen molar-refractivity contribution < 1.29 is 14.3 Å². The lowest BCUT2D eigenvalue weighted by atomic mass is 9.95. The van der Waals surface area contributed by atoms with Gasteiger partial charge in [-0.25, -0.2) is 0 Å². The van der Waals surface area contributed by atoms with Crippen LogP contribution in [-0.4, -0.2) is 34.6 Å². The standard InChI is InChI=1S/C12H17NO3/c1-9-10(4-7-16-9)11(14)13-6-3-5-12(2,15)8-13/h4,7,15H,3,5-6,8H2,1-2H3. The van der Waals surface area contributed by atoms with Crippen molar-refractivity contribution in [1.82, 2.24) is 4.90 Å². The molecule has 1 unspecified atom stereocenters. The molecule has 1 saturated heterocycles. The second-order valence-electron chi connectivity index (χ2n) is 4.72. The van der Waals surface area contributed by atoms with E-state index in [0.29, 0.717) is 24.4 Å². The fourth-order valence-electron chi connectivity index (χ4n) is 2.17. The summed E-state index contributed by atoms with van der Waals surface area (Å²) in [5, 5.41) is 9.94. The Labute approximate surface area is 94.9 Å². The van der Waals surface area contributed by atoms with Crippen molar-refractivity contribution >= 4 is 5.91 Å². The summed E-state index contributed by atoms with van der Waals surface area (Å²) in [6.07, 6.45) is 3.11. The van der Waals surface area contributed by atoms with Crippen LogP contribution in [0.3, 0.4) is 0 Å². The zero-order valence-electron chi connectivity index (χ0n) is 9.69. The Morgan fingerprint density at radius 2 is 2.38 bits per heavy atom. The van der Waals surface area contributed by atoms with Crippen LogP contribution >= 0.6 is 0 Å². The number of amides is 1. The highest BCUT2D eigenvalue weighted by molar-refractivity contribution is 5.95. The third-order valence-electron chi connectivity index (χ3n) is 3.05. The van der Waals surface area contributed by atoms with Gasteiger partial charge in [0, 0.05) is 13.1 Å². The van der Waals surface area contributed by atoms with Crippen molar-refractivity contribution in [3.05, 3.63) is 23.7 Å². The molecule has 0 saturated carbocycles. The molecule has 1 aliphatic heterocycles. The minimum absolute atomic E-state index is 0.0498. The molecule has 0 radical (unpaired) electrons. The molecule has 0 aromatic carbocycles. The Hall–Kier alpha value is -1.29. The number of aliphatic hydroxyl groups is 1. The lowest BCUT2D eigenvalue weighted by Gasteiger charge is -2.36. The van der Waals surface area contributed by atoms with Gasteiger partial charge in [-0.3, -0.25) is 4.79 Å². The fourth-order valence-corrected chi connectivity index (χ4v) is 2.17. The maximum atomic E-state index is 12.1. The van der Waals surface area contributed by atoms with Crippen LogP contribution in [0.15, 0.2) is 16.7 Å². The third-order valence-corrected chi connectivity index (χ3v) is 3.05. The summed E-state index contributed by atoms with van der Waals surface area (Å²) in [6.45, 7) is 4.65. The third kappa shape index (κ3) is 2.11. The molecule has 1 aliphatic rings. The minimum atomic E-state index is -0.758. The molecule has 16 heavy (non-hydrogen) atoms. The lowest BCUT2D eigenvalue weighted by molar-refractivity contribution is -0.0108. The van der Waals surface area contributed by atoms with Crippen LogP contribution in [0.4, 0.5) is 0 Å². The van der Waals surface area contributed by atoms with Crippen LogP contribution < -0.4 is 0 Å². The molecule has 1 amide bonds. The first-order valence-corrected chi connectivity index (χ1v) is 5.55. The molecule has 4 nitrogen and oxygen atoms in total. The van der Waals surface area contributed by atoms with Gasteiger partial charge in [-0.05, 0) is 32.8 Å². The predicted molar refractivity (Wildman–Crippen MR) is 59.2 cm³/mol. The molecule has 0 aliphatic carbocycles. The first kappa shape index (κ1) is 11.2. The van der Waals surface area contributed by atoms with Crippen molar-refractivity contribution in [3.63, 3.8) is 0 Å². The number of piperidine rings is 1. The predicted octanol–water partition coefficient (Wildman–Crippen LogP) is 1.58. The maximum Gasteiger partial charge on any atom is 0.257 e. The summed E-state index contributed by atoms with van der Waals surface area (Å²) in [5.74, 6) is 0.585. The van der Waals surface area contributed by atoms with E-state index in [-0.39, 0.29) is 5.91 Å². The van der Waals surface area contributed by atoms with Crippen LogP contribution in [0.25, 0.3) is 0 Å². The molecular weight excluding hydrogens is 206 g/mol. The van der Waals surface area contributed by atoms with Crippen molar-refractivity contribution in [2.24, 2.45) is 0 Å². The number of β-amino-alcohol motifs (C(OH)–C–C–N with tert-alkyl or cyclic N) is 1. The highest BCUT2D eigenvalue weighted by atomic mass is 16.3. The van der Waals surface area contributed by atoms with Gasteiger partial charge in [0.1, 0.15) is 5.76 Å². The first-order chi connectivity index (χ1) is 7.49. The number of aryl methyl sites for hydroxylation is 1. The first-order valence-electron chi connectivity index (χ1n) is 5.55. The van der Waals surface area contributed by atoms with Gasteiger partial charge in [0.15, 0.2) is 0 Å². The molecule has 1 aromatic rings. The molecule has 1 aromatic heterocycles. The Kier molecular flexibility index (Phi) is 2.76. The fraction of sp³-hybridized carbons (Fsp3) is 0.583. The normalized spacial score (nSPS) is 25.8. The van der Waals surface area contributed by atoms with Gasteiger partial charge in [-0.2, -0.15) is 0 Å². The number of carbonyl (C=O) groups is 1. The summed E-state index contributed by atoms with van der Waals surface area (Å²) < 4.78 is 5.12. The zero-order valence-corrected chi connectivity index (χ0v) is 9.69. The van der Waals surface area contributed by atoms with E-state index in [9.17, 15) is 9.90 Å². The Morgan fingerprint density at radius 3 is 2.94 bits per heavy atom. The van der Waals surface area contributed by atoms with Crippen molar-refractivity contribution in [2.75, 3.05) is 13.1 Å². The van der Waals surface area contributed by atoms with E-state index in [0.717, 1.165) is 12.8 Å². The molecule has 2 rings (SSSR count). The molecule has 4 heteroatoms. The number of furan rings is 1. The van der Waals surface area contributed by atoms with E-state index in [2.05, 4.69) is 0 Å². The molecule has 1 atom stereocenters. The van der Waals surface area contributed by atoms with Gasteiger partial charge in [0.05, 0.1) is 17.4 Å². The van der Waals surface area contributed by atoms with Crippen LogP contribution in [-0.2, 0) is 0 Å². The number of hydrogen-bond acceptors (Lipinski definition) is 3. The van der Waals surface area contributed by atoms with Crippen LogP contribution in [0, 0.1) is 6.92 Å². The lowest BCUT2D eigenvalue weighted by Crippen LogP contribution is -2.48. The van der Waals surface area contributed by atoms with E-state index in [1.807, 2.05) is 0 Å². The topological polar surface area (TPSA) is 53.7 Å². The Balaban J connectivity index is 2.14. The summed E-state index contributed by atoms with van der Waals surface area (Å²) >= 11 is 0. The Morgan fingerprint density at radius 1 is 1.62 bits per heavy atom. The highest BCUT2D eigenvalue weighted by Crippen LogP contribution is 2.22. The summed E-state index contributed by atoms with van der Waals surface area (Å²) in [5.41, 5.74) is -0.163. The number of nitrogens with zero attached hydrogens (tertiary/aromatic N) is 1. The van der Waals surface area contributed by atoms with Gasteiger partial charge in [0.25, 0.3) is 5.91 Å². The average molecular weight is 223 g/mol. The highest BCUT2D eigenvalue weighted by Gasteiger charge is 2.32. The quantitative estimate of drug-likeness (QED) is 0.786. The zero-order chi connectivity index (χ0) is 11.8. The molecule has 1 fully saturated rings. The monoisotopic (exact) mass is 223 g/mol. The van der Waals surface area contributed by atoms with E-state index >= 15 is 0 Å². The van der Waals surface area contributed by atoms with Crippen LogP contribution in [0.2, 0.25) is 0 Å². The largest absolute Gasteiger partial charge is 0.469 e. The maximum absolute atomic E-state index is 12.1. The molecular formula is C12H17NO3. The molecule has 0 bridgehead atoms. The molecule has 1 N–H and O–H groups in total. The van der Waals surface area contributed by atoms with Gasteiger partial charge in [0.2, 0.25) is 0 Å². The number of hydrogen-bond donors (Lipinski definition) is 1. The number of likely N-dealkylation sites (tertiary alicyclic amines) is 1. The SMILES string of the molecule is Cc1occc1C(=O)N1CCCC(C)(O)C1. The van der Waals surface area contributed by atoms with Gasteiger partial charge in [-0.1, -0.05) is 0 Å². The summed E-state index contributed by atoms with van der Waals surface area (Å²) in [4.78, 5) is 13.8. The summed E-state index contributed by atoms with van der Waals surface area (Å²) in [7, 11) is 0. The van der Waals surface area contributed by atoms with Crippen molar-refractivity contribution in [3.8, 4) is 0 Å². The second kappa shape index (κ2) is 3.94.